The smallest absolute Gasteiger partial charge is 0.338 e. The van der Waals surface area contributed by atoms with Crippen LogP contribution in [0.5, 0.6) is 0 Å². The number of alkyl halides is 3. The number of rotatable bonds is 3. The van der Waals surface area contributed by atoms with E-state index in [4.69, 9.17) is 0 Å². The van der Waals surface area contributed by atoms with Crippen molar-refractivity contribution >= 4 is 17.7 Å². The van der Waals surface area contributed by atoms with E-state index in [-0.39, 0.29) is 5.91 Å². The predicted octanol–water partition coefficient (Wildman–Crippen LogP) is 2.80. The molecule has 1 saturated heterocycles. The van der Waals surface area contributed by atoms with Gasteiger partial charge in [0.15, 0.2) is 0 Å². The van der Waals surface area contributed by atoms with Crippen LogP contribution in [0.4, 0.5) is 13.2 Å². The zero-order chi connectivity index (χ0) is 19.8. The maximum absolute atomic E-state index is 12.9. The molecule has 27 heavy (non-hydrogen) atoms. The zero-order valence-electron chi connectivity index (χ0n) is 14.9. The lowest BCUT2D eigenvalue weighted by atomic mass is 10.0. The van der Waals surface area contributed by atoms with Crippen LogP contribution in [0.2, 0.25) is 0 Å². The van der Waals surface area contributed by atoms with Crippen LogP contribution in [-0.4, -0.2) is 44.5 Å². The summed E-state index contributed by atoms with van der Waals surface area (Å²) in [6.45, 7) is 0.715. The van der Waals surface area contributed by atoms with E-state index in [1.54, 1.807) is 17.0 Å². The van der Waals surface area contributed by atoms with E-state index in [0.717, 1.165) is 16.6 Å². The Bertz CT molecular complexity index is 898. The molecule has 146 valence electrons. The van der Waals surface area contributed by atoms with Gasteiger partial charge in [-0.25, -0.2) is 9.48 Å². The maximum atomic E-state index is 12.9. The number of thioether (sulfide) groups is 1. The molecule has 1 aliphatic heterocycles. The summed E-state index contributed by atoms with van der Waals surface area (Å²) in [5.74, 6) is -1.32. The molecule has 10 heteroatoms. The first-order chi connectivity index (χ1) is 12.7. The third-order valence-corrected chi connectivity index (χ3v) is 5.49. The van der Waals surface area contributed by atoms with Crippen LogP contribution >= 0.6 is 11.8 Å². The van der Waals surface area contributed by atoms with Crippen molar-refractivity contribution in [2.75, 3.05) is 19.3 Å². The normalized spacial score (nSPS) is 16.0. The molecule has 0 saturated carbocycles. The van der Waals surface area contributed by atoms with Gasteiger partial charge < -0.3 is 4.90 Å². The fourth-order valence-electron chi connectivity index (χ4n) is 3.25. The number of amides is 1. The fourth-order valence-corrected chi connectivity index (χ4v) is 3.84. The van der Waals surface area contributed by atoms with Crippen LogP contribution in [0.25, 0.3) is 0 Å². The molecule has 1 aromatic carbocycles. The van der Waals surface area contributed by atoms with E-state index < -0.39 is 23.7 Å². The van der Waals surface area contributed by atoms with Crippen LogP contribution < -0.4 is 5.69 Å². The number of benzene rings is 1. The summed E-state index contributed by atoms with van der Waals surface area (Å²) in [6, 6.07) is 6.84. The monoisotopic (exact) mass is 400 g/mol. The number of piperidine rings is 1. The van der Waals surface area contributed by atoms with Crippen LogP contribution in [0, 0.1) is 0 Å². The van der Waals surface area contributed by atoms with Crippen molar-refractivity contribution in [2.45, 2.75) is 30.0 Å². The van der Waals surface area contributed by atoms with Gasteiger partial charge in [0.05, 0.1) is 11.6 Å². The third-order valence-electron chi connectivity index (χ3n) is 4.69. The molecular formula is C17H19F3N4O2S. The van der Waals surface area contributed by atoms with Gasteiger partial charge in [0.1, 0.15) is 0 Å². The van der Waals surface area contributed by atoms with Gasteiger partial charge >= 0.3 is 11.9 Å². The van der Waals surface area contributed by atoms with Crippen LogP contribution in [0.1, 0.15) is 35.1 Å². The first kappa shape index (κ1) is 19.5. The Morgan fingerprint density at radius 3 is 2.41 bits per heavy atom. The van der Waals surface area contributed by atoms with Gasteiger partial charge in [0.25, 0.3) is 5.91 Å². The molecule has 0 radical (unpaired) electrons. The minimum Gasteiger partial charge on any atom is -0.338 e. The van der Waals surface area contributed by atoms with Gasteiger partial charge in [-0.3, -0.25) is 9.36 Å². The van der Waals surface area contributed by atoms with Crippen LogP contribution in [0.15, 0.2) is 34.0 Å². The van der Waals surface area contributed by atoms with Crippen molar-refractivity contribution in [3.8, 4) is 0 Å². The summed E-state index contributed by atoms with van der Waals surface area (Å²) in [4.78, 5) is 27.4. The lowest BCUT2D eigenvalue weighted by Gasteiger charge is -2.32. The average Bonchev–Trinajstić information content (AvgIpc) is 2.96. The molecule has 0 aliphatic carbocycles. The van der Waals surface area contributed by atoms with Crippen molar-refractivity contribution in [1.82, 2.24) is 19.2 Å². The molecule has 3 rings (SSSR count). The quantitative estimate of drug-likeness (QED) is 0.744. The van der Waals surface area contributed by atoms with Crippen molar-refractivity contribution in [3.05, 3.63) is 46.1 Å². The largest absolute Gasteiger partial charge is 0.451 e. The Morgan fingerprint density at radius 1 is 1.22 bits per heavy atom. The third kappa shape index (κ3) is 3.76. The van der Waals surface area contributed by atoms with Gasteiger partial charge in [-0.2, -0.15) is 13.2 Å². The van der Waals surface area contributed by atoms with Gasteiger partial charge in [-0.1, -0.05) is 12.1 Å². The number of nitrogens with zero attached hydrogens (tertiary/aromatic N) is 4. The Balaban J connectivity index is 1.75. The first-order valence-electron chi connectivity index (χ1n) is 8.39. The zero-order valence-corrected chi connectivity index (χ0v) is 15.7. The summed E-state index contributed by atoms with van der Waals surface area (Å²) in [5.41, 5.74) is -0.183. The predicted molar refractivity (Wildman–Crippen MR) is 94.9 cm³/mol. The van der Waals surface area contributed by atoms with Gasteiger partial charge in [0.2, 0.25) is 5.82 Å². The fraction of sp³-hybridized carbons (Fsp3) is 0.471. The molecule has 0 bridgehead atoms. The first-order valence-corrected chi connectivity index (χ1v) is 9.61. The van der Waals surface area contributed by atoms with E-state index in [9.17, 15) is 22.8 Å². The van der Waals surface area contributed by atoms with E-state index in [1.807, 2.05) is 18.4 Å². The Morgan fingerprint density at radius 2 is 1.85 bits per heavy atom. The Hall–Kier alpha value is -2.23. The molecule has 0 spiro atoms. The number of halogens is 3. The van der Waals surface area contributed by atoms with E-state index >= 15 is 0 Å². The molecule has 1 aliphatic rings. The second kappa shape index (κ2) is 7.41. The molecule has 0 N–H and O–H groups in total. The van der Waals surface area contributed by atoms with Crippen molar-refractivity contribution in [1.29, 1.82) is 0 Å². The molecular weight excluding hydrogens is 381 g/mol. The van der Waals surface area contributed by atoms with Crippen LogP contribution in [0.3, 0.4) is 0 Å². The number of carbonyl (C=O) groups is 1. The minimum atomic E-state index is -4.68. The van der Waals surface area contributed by atoms with Gasteiger partial charge in [0, 0.05) is 25.0 Å². The highest BCUT2D eigenvalue weighted by atomic mass is 32.2. The number of aromatic nitrogens is 3. The minimum absolute atomic E-state index is 0.109. The summed E-state index contributed by atoms with van der Waals surface area (Å²) in [6.07, 6.45) is -2.04. The van der Waals surface area contributed by atoms with Crippen LogP contribution in [-0.2, 0) is 13.2 Å². The lowest BCUT2D eigenvalue weighted by molar-refractivity contribution is -0.147. The Kier molecular flexibility index (Phi) is 5.36. The molecule has 0 unspecified atom stereocenters. The molecule has 0 atom stereocenters. The number of carbonyl (C=O) groups excluding carboxylic acids is 1. The highest BCUT2D eigenvalue weighted by Crippen LogP contribution is 2.29. The highest BCUT2D eigenvalue weighted by molar-refractivity contribution is 7.98. The molecule has 6 nitrogen and oxygen atoms in total. The molecule has 2 heterocycles. The van der Waals surface area contributed by atoms with Gasteiger partial charge in [-0.05, 0) is 31.2 Å². The summed E-state index contributed by atoms with van der Waals surface area (Å²) >= 11 is 1.48. The van der Waals surface area contributed by atoms with Crippen molar-refractivity contribution in [2.24, 2.45) is 7.05 Å². The second-order valence-corrected chi connectivity index (χ2v) is 7.18. The standard InChI is InChI=1S/C17H19F3N4O2S/c1-22-15(17(18,19)20)21-24(16(22)26)11-7-9-23(10-8-11)14(25)12-5-3-4-6-13(12)27-2/h3-6,11H,7-10H2,1-2H3. The molecule has 1 amide bonds. The SMILES string of the molecule is CSc1ccccc1C(=O)N1CCC(n2nc(C(F)(F)F)n(C)c2=O)CC1. The van der Waals surface area contributed by atoms with E-state index in [0.29, 0.717) is 36.1 Å². The van der Waals surface area contributed by atoms with Gasteiger partial charge in [-0.15, -0.1) is 16.9 Å². The molecule has 1 fully saturated rings. The van der Waals surface area contributed by atoms with Crippen molar-refractivity contribution in [3.63, 3.8) is 0 Å². The topological polar surface area (TPSA) is 60.1 Å². The molecule has 1 aromatic heterocycles. The number of hydrogen-bond acceptors (Lipinski definition) is 4. The number of hydrogen-bond donors (Lipinski definition) is 0. The average molecular weight is 400 g/mol. The number of likely N-dealkylation sites (tertiary alicyclic amines) is 1. The van der Waals surface area contributed by atoms with E-state index in [1.165, 1.54) is 11.8 Å². The molecule has 2 aromatic rings. The Labute approximate surface area is 158 Å². The van der Waals surface area contributed by atoms with E-state index in [2.05, 4.69) is 5.10 Å². The summed E-state index contributed by atoms with van der Waals surface area (Å²) in [7, 11) is 1.06. The summed E-state index contributed by atoms with van der Waals surface area (Å²) in [5, 5.41) is 3.50. The maximum Gasteiger partial charge on any atom is 0.451 e. The lowest BCUT2D eigenvalue weighted by Crippen LogP contribution is -2.41. The highest BCUT2D eigenvalue weighted by Gasteiger charge is 2.39. The summed E-state index contributed by atoms with van der Waals surface area (Å²) < 4.78 is 40.3. The van der Waals surface area contributed by atoms with Crippen molar-refractivity contribution < 1.29 is 18.0 Å². The second-order valence-electron chi connectivity index (χ2n) is 6.33.